The number of nitrogens with zero attached hydrogens (tertiary/aromatic N) is 1. The lowest BCUT2D eigenvalue weighted by molar-refractivity contribution is -0.264. The lowest BCUT2D eigenvalue weighted by atomic mass is 9.55. The highest BCUT2D eigenvalue weighted by Gasteiger charge is 2.55. The molecule has 3 aliphatic rings. The summed E-state index contributed by atoms with van der Waals surface area (Å²) in [6, 6.07) is 6.84. The van der Waals surface area contributed by atoms with Gasteiger partial charge in [0.15, 0.2) is 5.60 Å². The SMILES string of the molecule is COCCCCCCC(C)(C)CCN(C)CCOc1ccc2c(c1)CCC1C2CCC2(C)C(OCCCOC(C)(C)C(F)(F)F)CCC12.SS. The minimum Gasteiger partial charge on any atom is -0.492 e. The smallest absolute Gasteiger partial charge is 0.416 e. The van der Waals surface area contributed by atoms with Crippen molar-refractivity contribution in [1.82, 2.24) is 4.90 Å². The van der Waals surface area contributed by atoms with Gasteiger partial charge in [-0.15, -0.1) is 23.3 Å². The van der Waals surface area contributed by atoms with E-state index in [1.54, 1.807) is 7.11 Å². The van der Waals surface area contributed by atoms with Gasteiger partial charge in [0.1, 0.15) is 12.4 Å². The lowest BCUT2D eigenvalue weighted by Crippen LogP contribution is -2.45. The third kappa shape index (κ3) is 12.2. The number of unbranched alkanes of at least 4 members (excludes halogenated alkanes) is 3. The van der Waals surface area contributed by atoms with Crippen molar-refractivity contribution in [2.24, 2.45) is 22.7 Å². The molecule has 2 saturated carbocycles. The van der Waals surface area contributed by atoms with E-state index in [0.29, 0.717) is 42.8 Å². The number of likely N-dealkylation sites (N-methyl/N-ethyl adjacent to an activating group) is 1. The first kappa shape index (κ1) is 43.8. The van der Waals surface area contributed by atoms with Crippen molar-refractivity contribution in [2.75, 3.05) is 53.7 Å². The molecule has 0 bridgehead atoms. The largest absolute Gasteiger partial charge is 0.492 e. The van der Waals surface area contributed by atoms with E-state index in [1.165, 1.54) is 68.9 Å². The average molecular weight is 748 g/mol. The third-order valence-electron chi connectivity index (χ3n) is 12.2. The van der Waals surface area contributed by atoms with Gasteiger partial charge in [-0.1, -0.05) is 46.1 Å². The number of methoxy groups -OCH3 is 1. The van der Waals surface area contributed by atoms with Crippen LogP contribution in [-0.2, 0) is 20.6 Å². The van der Waals surface area contributed by atoms with Crippen LogP contribution in [0.5, 0.6) is 5.75 Å². The zero-order valence-electron chi connectivity index (χ0n) is 32.1. The fourth-order valence-corrected chi connectivity index (χ4v) is 8.82. The minimum absolute atomic E-state index is 0.0538. The highest BCUT2D eigenvalue weighted by atomic mass is 33.1. The molecule has 50 heavy (non-hydrogen) atoms. The van der Waals surface area contributed by atoms with Gasteiger partial charge >= 0.3 is 6.18 Å². The number of thiol groups is 2. The minimum atomic E-state index is -4.37. The van der Waals surface area contributed by atoms with Crippen LogP contribution in [-0.4, -0.2) is 76.5 Å². The number of halogens is 3. The first-order valence-electron chi connectivity index (χ1n) is 19.1. The number of fused-ring (bicyclic) bond motifs is 5. The molecule has 0 spiro atoms. The second kappa shape index (κ2) is 20.1. The molecule has 4 rings (SSSR count). The van der Waals surface area contributed by atoms with Crippen LogP contribution in [0.1, 0.15) is 129 Å². The summed E-state index contributed by atoms with van der Waals surface area (Å²) in [6.07, 6.45) is 10.6. The molecule has 2 fully saturated rings. The predicted molar refractivity (Wildman–Crippen MR) is 206 cm³/mol. The van der Waals surface area contributed by atoms with Crippen molar-refractivity contribution in [3.05, 3.63) is 29.3 Å². The summed E-state index contributed by atoms with van der Waals surface area (Å²) in [6.45, 7) is 13.5. The zero-order valence-corrected chi connectivity index (χ0v) is 33.9. The normalized spacial score (nSPS) is 25.1. The number of rotatable bonds is 20. The Hall–Kier alpha value is -0.650. The molecule has 290 valence electrons. The van der Waals surface area contributed by atoms with Gasteiger partial charge in [-0.3, -0.25) is 0 Å². The van der Waals surface area contributed by atoms with Crippen molar-refractivity contribution in [3.63, 3.8) is 0 Å². The quantitative estimate of drug-likeness (QED) is 0.0790. The maximum absolute atomic E-state index is 13.1. The predicted octanol–water partition coefficient (Wildman–Crippen LogP) is 10.8. The second-order valence-electron chi connectivity index (χ2n) is 16.7. The maximum Gasteiger partial charge on any atom is 0.416 e. The zero-order chi connectivity index (χ0) is 37.0. The molecule has 0 amide bonds. The number of hydrogen-bond donors (Lipinski definition) is 2. The van der Waals surface area contributed by atoms with Gasteiger partial charge < -0.3 is 23.8 Å². The topological polar surface area (TPSA) is 40.2 Å². The first-order chi connectivity index (χ1) is 23.7. The van der Waals surface area contributed by atoms with Crippen molar-refractivity contribution < 1.29 is 32.1 Å². The van der Waals surface area contributed by atoms with Gasteiger partial charge in [0, 0.05) is 33.5 Å². The molecular weight excluding hydrogens is 680 g/mol. The van der Waals surface area contributed by atoms with Crippen LogP contribution >= 0.6 is 23.3 Å². The Balaban J connectivity index is 0.00000332. The van der Waals surface area contributed by atoms with Crippen LogP contribution in [0.2, 0.25) is 0 Å². The Morgan fingerprint density at radius 3 is 2.32 bits per heavy atom. The molecule has 1 aromatic carbocycles. The molecule has 1 aromatic rings. The summed E-state index contributed by atoms with van der Waals surface area (Å²) < 4.78 is 62.2. The van der Waals surface area contributed by atoms with E-state index >= 15 is 0 Å². The molecule has 0 heterocycles. The Kier molecular flexibility index (Phi) is 17.6. The monoisotopic (exact) mass is 747 g/mol. The molecule has 10 heteroatoms. The van der Waals surface area contributed by atoms with E-state index in [2.05, 4.69) is 74.2 Å². The van der Waals surface area contributed by atoms with Crippen molar-refractivity contribution in [3.8, 4) is 5.75 Å². The highest BCUT2D eigenvalue weighted by molar-refractivity contribution is 8.59. The Morgan fingerprint density at radius 1 is 0.860 bits per heavy atom. The Labute approximate surface area is 312 Å². The molecular formula is C40H68F3NO4S2. The number of aryl methyl sites for hydroxylation is 1. The summed E-state index contributed by atoms with van der Waals surface area (Å²) >= 11 is 6.44. The lowest BCUT2D eigenvalue weighted by Gasteiger charge is -2.50. The van der Waals surface area contributed by atoms with Gasteiger partial charge in [0.25, 0.3) is 0 Å². The van der Waals surface area contributed by atoms with E-state index in [-0.39, 0.29) is 18.1 Å². The highest BCUT2D eigenvalue weighted by Crippen LogP contribution is 2.61. The molecule has 0 aliphatic heterocycles. The van der Waals surface area contributed by atoms with Gasteiger partial charge in [-0.2, -0.15) is 13.2 Å². The van der Waals surface area contributed by atoms with Crippen LogP contribution in [0.25, 0.3) is 0 Å². The van der Waals surface area contributed by atoms with Gasteiger partial charge in [0.2, 0.25) is 0 Å². The van der Waals surface area contributed by atoms with Crippen LogP contribution in [0.4, 0.5) is 13.2 Å². The van der Waals surface area contributed by atoms with Crippen molar-refractivity contribution in [1.29, 1.82) is 0 Å². The fraction of sp³-hybridized carbons (Fsp3) is 0.850. The van der Waals surface area contributed by atoms with Crippen LogP contribution in [0, 0.1) is 22.7 Å². The van der Waals surface area contributed by atoms with Crippen LogP contribution in [0.3, 0.4) is 0 Å². The van der Waals surface area contributed by atoms with Crippen LogP contribution in [0.15, 0.2) is 18.2 Å². The fourth-order valence-electron chi connectivity index (χ4n) is 8.82. The number of ether oxygens (including phenoxy) is 4. The van der Waals surface area contributed by atoms with Gasteiger partial charge in [-0.25, -0.2) is 0 Å². The van der Waals surface area contributed by atoms with Gasteiger partial charge in [-0.05, 0) is 143 Å². The average Bonchev–Trinajstić information content (AvgIpc) is 3.41. The van der Waals surface area contributed by atoms with E-state index in [1.807, 2.05) is 0 Å². The second-order valence-corrected chi connectivity index (χ2v) is 16.7. The Bertz CT molecular complexity index is 1140. The van der Waals surface area contributed by atoms with Crippen molar-refractivity contribution in [2.45, 2.75) is 142 Å². The number of alkyl halides is 3. The number of benzene rings is 1. The van der Waals surface area contributed by atoms with Gasteiger partial charge in [0.05, 0.1) is 6.10 Å². The summed E-state index contributed by atoms with van der Waals surface area (Å²) in [5, 5.41) is 0. The van der Waals surface area contributed by atoms with E-state index in [4.69, 9.17) is 18.9 Å². The summed E-state index contributed by atoms with van der Waals surface area (Å²) in [7, 11) is 3.99. The van der Waals surface area contributed by atoms with E-state index in [0.717, 1.165) is 58.6 Å². The molecule has 3 aliphatic carbocycles. The summed E-state index contributed by atoms with van der Waals surface area (Å²) in [5.41, 5.74) is 1.36. The molecule has 0 aromatic heterocycles. The number of hydrogen-bond acceptors (Lipinski definition) is 7. The first-order valence-corrected chi connectivity index (χ1v) is 20.7. The molecule has 5 unspecified atom stereocenters. The molecule has 0 N–H and O–H groups in total. The van der Waals surface area contributed by atoms with E-state index in [9.17, 15) is 13.2 Å². The molecule has 5 atom stereocenters. The van der Waals surface area contributed by atoms with Crippen LogP contribution < -0.4 is 4.74 Å². The molecule has 5 nitrogen and oxygen atoms in total. The summed E-state index contributed by atoms with van der Waals surface area (Å²) in [4.78, 5) is 2.41. The molecule has 0 saturated heterocycles. The third-order valence-corrected chi connectivity index (χ3v) is 12.2. The molecule has 0 radical (unpaired) electrons. The maximum atomic E-state index is 13.1. The summed E-state index contributed by atoms with van der Waals surface area (Å²) in [5.74, 6) is 2.89. The Morgan fingerprint density at radius 2 is 1.60 bits per heavy atom. The van der Waals surface area contributed by atoms with Crippen molar-refractivity contribution >= 4 is 23.3 Å². The van der Waals surface area contributed by atoms with E-state index < -0.39 is 11.8 Å². The standard InChI is InChI=1S/C40H66F3NO4.H2S2/c1-37(2,20-10-8-9-11-25-45-7)22-23-44(6)24-28-46-31-14-16-32-30(29-31)13-15-34-33(32)19-21-39(5)35(34)17-18-36(39)47-26-12-27-48-38(3,4)40(41,42)43;1-2/h14,16,29,33-36H,8-13,15,17-28H2,1-7H3;1-2H.